The molecule has 0 fully saturated rings. The Morgan fingerprint density at radius 2 is 1.26 bits per heavy atom. The summed E-state index contributed by atoms with van der Waals surface area (Å²) < 4.78 is 0. The van der Waals surface area contributed by atoms with Crippen molar-refractivity contribution in [3.63, 3.8) is 0 Å². The van der Waals surface area contributed by atoms with E-state index in [4.69, 9.17) is 16.6 Å². The van der Waals surface area contributed by atoms with E-state index < -0.39 is 5.91 Å². The third-order valence-corrected chi connectivity index (χ3v) is 3.19. The number of carbonyl (C=O) groups excluding carboxylic acids is 1. The van der Waals surface area contributed by atoms with Crippen molar-refractivity contribution in [2.45, 2.75) is 0 Å². The maximum absolute atomic E-state index is 10.5. The van der Waals surface area contributed by atoms with Crippen LogP contribution in [0.1, 0.15) is 10.4 Å². The van der Waals surface area contributed by atoms with Gasteiger partial charge >= 0.3 is 0 Å². The summed E-state index contributed by atoms with van der Waals surface area (Å²) in [5.41, 5.74) is 13.9. The molecule has 0 saturated carbocycles. The summed E-state index contributed by atoms with van der Waals surface area (Å²) in [6, 6.07) is 24.3. The van der Waals surface area contributed by atoms with E-state index in [9.17, 15) is 4.79 Å². The highest BCUT2D eigenvalue weighted by molar-refractivity contribution is 5.95. The summed E-state index contributed by atoms with van der Waals surface area (Å²) in [6.07, 6.45) is 0. The van der Waals surface area contributed by atoms with Gasteiger partial charge in [0.05, 0.1) is 5.56 Å². The number of anilines is 1. The summed E-state index contributed by atoms with van der Waals surface area (Å²) in [4.78, 5) is 10.5. The second-order valence-electron chi connectivity index (χ2n) is 4.87. The van der Waals surface area contributed by atoms with Gasteiger partial charge in [-0.05, 0) is 35.4 Å². The molecule has 0 bridgehead atoms. The molecule has 0 heterocycles. The Balaban J connectivity index is 0.000000174. The molecule has 0 aliphatic carbocycles. The Labute approximate surface area is 135 Å². The Hall–Kier alpha value is -3.27. The number of hydrogen-bond acceptors (Lipinski definition) is 3. The molecular formula is C19H18N2O2. The molecule has 0 aliphatic heterocycles. The van der Waals surface area contributed by atoms with E-state index in [1.807, 2.05) is 42.5 Å². The third-order valence-electron chi connectivity index (χ3n) is 3.19. The molecule has 0 spiro atoms. The predicted octanol–water partition coefficient (Wildman–Crippen LogP) is 3.43. The number of carbonyl (C=O) groups is 1. The molecule has 3 aromatic rings. The number of primary amides is 1. The van der Waals surface area contributed by atoms with Crippen LogP contribution < -0.4 is 11.5 Å². The zero-order valence-corrected chi connectivity index (χ0v) is 12.5. The first kappa shape index (κ1) is 16.1. The molecule has 0 atom stereocenters. The van der Waals surface area contributed by atoms with E-state index in [1.54, 1.807) is 12.1 Å². The second-order valence-corrected chi connectivity index (χ2v) is 4.87. The fourth-order valence-corrected chi connectivity index (χ4v) is 1.99. The van der Waals surface area contributed by atoms with Gasteiger partial charge in [0.25, 0.3) is 5.91 Å². The van der Waals surface area contributed by atoms with Gasteiger partial charge in [0.1, 0.15) is 5.75 Å². The molecule has 1 amide bonds. The average molecular weight is 306 g/mol. The molecule has 0 unspecified atom stereocenters. The van der Waals surface area contributed by atoms with Gasteiger partial charge in [-0.1, -0.05) is 54.6 Å². The minimum absolute atomic E-state index is 0.0741. The zero-order chi connectivity index (χ0) is 16.7. The van der Waals surface area contributed by atoms with Crippen molar-refractivity contribution in [3.8, 4) is 16.9 Å². The van der Waals surface area contributed by atoms with Crippen molar-refractivity contribution in [3.05, 3.63) is 84.4 Å². The van der Waals surface area contributed by atoms with Crippen molar-refractivity contribution in [1.29, 1.82) is 0 Å². The number of aromatic hydroxyl groups is 1. The summed E-state index contributed by atoms with van der Waals surface area (Å²) >= 11 is 0. The van der Waals surface area contributed by atoms with E-state index >= 15 is 0 Å². The van der Waals surface area contributed by atoms with Crippen LogP contribution in [0.25, 0.3) is 11.1 Å². The Kier molecular flexibility index (Phi) is 5.36. The van der Waals surface area contributed by atoms with Crippen LogP contribution in [-0.2, 0) is 0 Å². The maximum atomic E-state index is 10.5. The monoisotopic (exact) mass is 306 g/mol. The molecule has 0 aromatic heterocycles. The average Bonchev–Trinajstić information content (AvgIpc) is 2.57. The molecule has 0 saturated heterocycles. The highest BCUT2D eigenvalue weighted by Gasteiger charge is 2.03. The molecular weight excluding hydrogens is 288 g/mol. The lowest BCUT2D eigenvalue weighted by molar-refractivity contribution is 0.0998. The largest absolute Gasteiger partial charge is 0.507 e. The molecule has 3 aromatic carbocycles. The Bertz CT molecular complexity index is 769. The van der Waals surface area contributed by atoms with Gasteiger partial charge in [-0.15, -0.1) is 0 Å². The van der Waals surface area contributed by atoms with Crippen LogP contribution >= 0.6 is 0 Å². The van der Waals surface area contributed by atoms with Crippen LogP contribution in [0, 0.1) is 0 Å². The number of amides is 1. The van der Waals surface area contributed by atoms with Gasteiger partial charge in [0.15, 0.2) is 0 Å². The lowest BCUT2D eigenvalue weighted by Gasteiger charge is -2.00. The second kappa shape index (κ2) is 7.66. The first-order valence-electron chi connectivity index (χ1n) is 7.06. The van der Waals surface area contributed by atoms with Crippen LogP contribution in [0.15, 0.2) is 78.9 Å². The maximum Gasteiger partial charge on any atom is 0.252 e. The first-order chi connectivity index (χ1) is 11.1. The summed E-state index contributed by atoms with van der Waals surface area (Å²) in [7, 11) is 0. The van der Waals surface area contributed by atoms with Gasteiger partial charge in [0.2, 0.25) is 0 Å². The van der Waals surface area contributed by atoms with Crippen LogP contribution in [0.5, 0.6) is 5.75 Å². The van der Waals surface area contributed by atoms with Crippen LogP contribution in [-0.4, -0.2) is 11.0 Å². The molecule has 23 heavy (non-hydrogen) atoms. The third kappa shape index (κ3) is 4.61. The zero-order valence-electron chi connectivity index (χ0n) is 12.5. The number of rotatable bonds is 2. The number of hydrogen-bond donors (Lipinski definition) is 3. The lowest BCUT2D eigenvalue weighted by atomic mass is 10.1. The van der Waals surface area contributed by atoms with E-state index in [-0.39, 0.29) is 11.3 Å². The molecule has 116 valence electrons. The fraction of sp³-hybridized carbons (Fsp3) is 0. The van der Waals surface area contributed by atoms with Crippen molar-refractivity contribution in [1.82, 2.24) is 0 Å². The summed E-state index contributed by atoms with van der Waals surface area (Å²) in [5.74, 6) is -0.687. The number of para-hydroxylation sites is 1. The van der Waals surface area contributed by atoms with Crippen LogP contribution in [0.4, 0.5) is 5.69 Å². The highest BCUT2D eigenvalue weighted by Crippen LogP contribution is 2.19. The molecule has 4 heteroatoms. The van der Waals surface area contributed by atoms with Gasteiger partial charge < -0.3 is 16.6 Å². The van der Waals surface area contributed by atoms with Crippen molar-refractivity contribution in [2.75, 3.05) is 5.73 Å². The standard InChI is InChI=1S/C12H11N.C7H7NO2/c13-12-8-6-11(7-9-12)10-4-2-1-3-5-10;8-7(10)5-3-1-2-4-6(5)9/h1-9H,13H2;1-4,9H,(H2,8,10). The minimum atomic E-state index is -0.613. The summed E-state index contributed by atoms with van der Waals surface area (Å²) in [6.45, 7) is 0. The normalized spacial score (nSPS) is 9.57. The van der Waals surface area contributed by atoms with Gasteiger partial charge in [-0.2, -0.15) is 0 Å². The number of phenols is 1. The van der Waals surface area contributed by atoms with Crippen molar-refractivity contribution >= 4 is 11.6 Å². The molecule has 0 aliphatic rings. The molecule has 0 radical (unpaired) electrons. The lowest BCUT2D eigenvalue weighted by Crippen LogP contribution is -2.10. The minimum Gasteiger partial charge on any atom is -0.507 e. The van der Waals surface area contributed by atoms with E-state index in [2.05, 4.69) is 12.1 Å². The van der Waals surface area contributed by atoms with Gasteiger partial charge in [-0.3, -0.25) is 4.79 Å². The number of benzene rings is 3. The van der Waals surface area contributed by atoms with E-state index in [0.29, 0.717) is 0 Å². The SMILES string of the molecule is NC(=O)c1ccccc1O.Nc1ccc(-c2ccccc2)cc1. The molecule has 4 nitrogen and oxygen atoms in total. The smallest absolute Gasteiger partial charge is 0.252 e. The number of nitrogens with two attached hydrogens (primary N) is 2. The van der Waals surface area contributed by atoms with Crippen molar-refractivity contribution in [2.24, 2.45) is 5.73 Å². The van der Waals surface area contributed by atoms with Gasteiger partial charge in [0, 0.05) is 5.69 Å². The van der Waals surface area contributed by atoms with Gasteiger partial charge in [-0.25, -0.2) is 0 Å². The predicted molar refractivity (Wildman–Crippen MR) is 92.9 cm³/mol. The Morgan fingerprint density at radius 3 is 1.78 bits per heavy atom. The van der Waals surface area contributed by atoms with Crippen LogP contribution in [0.3, 0.4) is 0 Å². The fourth-order valence-electron chi connectivity index (χ4n) is 1.99. The topological polar surface area (TPSA) is 89.3 Å². The quantitative estimate of drug-likeness (QED) is 0.634. The molecule has 3 rings (SSSR count). The highest BCUT2D eigenvalue weighted by atomic mass is 16.3. The van der Waals surface area contributed by atoms with Crippen LogP contribution in [0.2, 0.25) is 0 Å². The molecule has 5 N–H and O–H groups in total. The number of nitrogen functional groups attached to an aromatic ring is 1. The summed E-state index contributed by atoms with van der Waals surface area (Å²) in [5, 5.41) is 8.98. The van der Waals surface area contributed by atoms with Crippen molar-refractivity contribution < 1.29 is 9.90 Å². The van der Waals surface area contributed by atoms with E-state index in [0.717, 1.165) is 5.69 Å². The van der Waals surface area contributed by atoms with E-state index in [1.165, 1.54) is 23.3 Å². The first-order valence-corrected chi connectivity index (χ1v) is 7.06. The Morgan fingerprint density at radius 1 is 0.739 bits per heavy atom.